The van der Waals surface area contributed by atoms with Gasteiger partial charge in [-0.1, -0.05) is 0 Å². The second-order valence-electron chi connectivity index (χ2n) is 3.83. The topological polar surface area (TPSA) is 107 Å². The van der Waals surface area contributed by atoms with Gasteiger partial charge in [0.25, 0.3) is 5.69 Å². The van der Waals surface area contributed by atoms with Crippen LogP contribution in [-0.2, 0) is 16.6 Å². The molecule has 2 N–H and O–H groups in total. The third-order valence-corrected chi connectivity index (χ3v) is 2.98. The molecule has 0 radical (unpaired) electrons. The second kappa shape index (κ2) is 4.78. The van der Waals surface area contributed by atoms with E-state index in [2.05, 4.69) is 0 Å². The summed E-state index contributed by atoms with van der Waals surface area (Å²) in [6.45, 7) is 0.348. The predicted molar refractivity (Wildman–Crippen MR) is 61.9 cm³/mol. The monoisotopic (exact) mass is 259 g/mol. The molecule has 0 bridgehead atoms. The number of primary sulfonamides is 1. The zero-order valence-electron chi connectivity index (χ0n) is 9.45. The minimum absolute atomic E-state index is 0.245. The van der Waals surface area contributed by atoms with Crippen molar-refractivity contribution in [2.45, 2.75) is 11.4 Å². The normalized spacial score (nSPS) is 11.8. The van der Waals surface area contributed by atoms with Crippen molar-refractivity contribution in [1.29, 1.82) is 0 Å². The van der Waals surface area contributed by atoms with E-state index in [-0.39, 0.29) is 10.6 Å². The van der Waals surface area contributed by atoms with Gasteiger partial charge < -0.3 is 4.90 Å². The maximum Gasteiger partial charge on any atom is 0.275 e. The first-order valence-electron chi connectivity index (χ1n) is 4.66. The SMILES string of the molecule is CN(C)Cc1ccc(S(N)(=O)=O)cc1[N+](=O)[O-]. The fraction of sp³-hybridized carbons (Fsp3) is 0.333. The van der Waals surface area contributed by atoms with Crippen LogP contribution in [0.4, 0.5) is 5.69 Å². The maximum absolute atomic E-state index is 11.1. The molecule has 0 amide bonds. The van der Waals surface area contributed by atoms with E-state index in [1.807, 2.05) is 0 Å². The van der Waals surface area contributed by atoms with E-state index in [4.69, 9.17) is 5.14 Å². The second-order valence-corrected chi connectivity index (χ2v) is 5.39. The van der Waals surface area contributed by atoms with E-state index < -0.39 is 14.9 Å². The van der Waals surface area contributed by atoms with Crippen LogP contribution in [0.15, 0.2) is 23.1 Å². The third kappa shape index (κ3) is 3.48. The van der Waals surface area contributed by atoms with Gasteiger partial charge in [-0.3, -0.25) is 10.1 Å². The van der Waals surface area contributed by atoms with Gasteiger partial charge in [0.1, 0.15) is 0 Å². The molecule has 0 atom stereocenters. The molecule has 0 heterocycles. The molecule has 1 rings (SSSR count). The molecule has 0 spiro atoms. The molecule has 17 heavy (non-hydrogen) atoms. The van der Waals surface area contributed by atoms with Gasteiger partial charge in [-0.2, -0.15) is 0 Å². The standard InChI is InChI=1S/C9H13N3O4S/c1-11(2)6-7-3-4-8(17(10,15)16)5-9(7)12(13)14/h3-5H,6H2,1-2H3,(H2,10,15,16). The summed E-state index contributed by atoms with van der Waals surface area (Å²) >= 11 is 0. The molecule has 0 unspecified atom stereocenters. The average molecular weight is 259 g/mol. The Morgan fingerprint density at radius 2 is 2.00 bits per heavy atom. The zero-order chi connectivity index (χ0) is 13.2. The highest BCUT2D eigenvalue weighted by atomic mass is 32.2. The smallest absolute Gasteiger partial charge is 0.275 e. The predicted octanol–water partition coefficient (Wildman–Crippen LogP) is 0.304. The molecule has 1 aromatic carbocycles. The van der Waals surface area contributed by atoms with Crippen molar-refractivity contribution in [2.24, 2.45) is 5.14 Å². The first-order chi connectivity index (χ1) is 7.71. The van der Waals surface area contributed by atoms with Crippen molar-refractivity contribution in [3.63, 3.8) is 0 Å². The van der Waals surface area contributed by atoms with Gasteiger partial charge in [0.05, 0.1) is 9.82 Å². The van der Waals surface area contributed by atoms with Gasteiger partial charge in [-0.15, -0.1) is 0 Å². The summed E-state index contributed by atoms with van der Waals surface area (Å²) in [5.41, 5.74) is 0.192. The van der Waals surface area contributed by atoms with E-state index in [1.165, 1.54) is 12.1 Å². The number of nitro benzene ring substituents is 1. The van der Waals surface area contributed by atoms with Crippen LogP contribution >= 0.6 is 0 Å². The number of hydrogen-bond donors (Lipinski definition) is 1. The molecule has 0 aliphatic rings. The van der Waals surface area contributed by atoms with Gasteiger partial charge in [-0.25, -0.2) is 13.6 Å². The highest BCUT2D eigenvalue weighted by Gasteiger charge is 2.18. The fourth-order valence-corrected chi connectivity index (χ4v) is 1.90. The van der Waals surface area contributed by atoms with Crippen LogP contribution in [-0.4, -0.2) is 32.3 Å². The number of nitro groups is 1. The molecule has 0 aliphatic heterocycles. The van der Waals surface area contributed by atoms with Crippen molar-refractivity contribution in [2.75, 3.05) is 14.1 Å². The molecule has 0 aromatic heterocycles. The lowest BCUT2D eigenvalue weighted by molar-refractivity contribution is -0.385. The van der Waals surface area contributed by atoms with Crippen LogP contribution in [0.3, 0.4) is 0 Å². The average Bonchev–Trinajstić information content (AvgIpc) is 2.15. The number of rotatable bonds is 4. The number of hydrogen-bond acceptors (Lipinski definition) is 5. The van der Waals surface area contributed by atoms with Crippen molar-refractivity contribution >= 4 is 15.7 Å². The van der Waals surface area contributed by atoms with E-state index in [1.54, 1.807) is 19.0 Å². The number of nitrogens with zero attached hydrogens (tertiary/aromatic N) is 2. The largest absolute Gasteiger partial charge is 0.305 e. The van der Waals surface area contributed by atoms with E-state index in [0.717, 1.165) is 6.07 Å². The van der Waals surface area contributed by atoms with E-state index in [0.29, 0.717) is 12.1 Å². The van der Waals surface area contributed by atoms with Crippen LogP contribution in [0.1, 0.15) is 5.56 Å². The van der Waals surface area contributed by atoms with Crippen LogP contribution in [0.25, 0.3) is 0 Å². The van der Waals surface area contributed by atoms with E-state index >= 15 is 0 Å². The molecule has 0 saturated carbocycles. The van der Waals surface area contributed by atoms with Crippen LogP contribution in [0.2, 0.25) is 0 Å². The summed E-state index contributed by atoms with van der Waals surface area (Å²) in [6.07, 6.45) is 0. The Morgan fingerprint density at radius 3 is 2.41 bits per heavy atom. The van der Waals surface area contributed by atoms with Crippen LogP contribution in [0.5, 0.6) is 0 Å². The molecule has 0 aliphatic carbocycles. The lowest BCUT2D eigenvalue weighted by Gasteiger charge is -2.10. The van der Waals surface area contributed by atoms with Crippen molar-refractivity contribution in [3.05, 3.63) is 33.9 Å². The Kier molecular flexibility index (Phi) is 3.81. The van der Waals surface area contributed by atoms with Crippen molar-refractivity contribution < 1.29 is 13.3 Å². The number of benzene rings is 1. The highest BCUT2D eigenvalue weighted by Crippen LogP contribution is 2.23. The Bertz CT molecular complexity index is 539. The Morgan fingerprint density at radius 1 is 1.41 bits per heavy atom. The van der Waals surface area contributed by atoms with Gasteiger partial charge in [0.15, 0.2) is 0 Å². The number of nitrogens with two attached hydrogens (primary N) is 1. The number of sulfonamides is 1. The summed E-state index contributed by atoms with van der Waals surface area (Å²) < 4.78 is 22.2. The quantitative estimate of drug-likeness (QED) is 0.618. The molecule has 94 valence electrons. The minimum Gasteiger partial charge on any atom is -0.305 e. The first kappa shape index (κ1) is 13.6. The summed E-state index contributed by atoms with van der Waals surface area (Å²) in [6, 6.07) is 3.65. The summed E-state index contributed by atoms with van der Waals surface area (Å²) in [5.74, 6) is 0. The molecular weight excluding hydrogens is 246 g/mol. The molecular formula is C9H13N3O4S. The lowest BCUT2D eigenvalue weighted by atomic mass is 10.2. The minimum atomic E-state index is -3.92. The van der Waals surface area contributed by atoms with Gasteiger partial charge >= 0.3 is 0 Å². The van der Waals surface area contributed by atoms with Crippen LogP contribution < -0.4 is 5.14 Å². The summed E-state index contributed by atoms with van der Waals surface area (Å²) in [5, 5.41) is 15.8. The fourth-order valence-electron chi connectivity index (χ4n) is 1.36. The molecule has 0 fully saturated rings. The van der Waals surface area contributed by atoms with Gasteiger partial charge in [0.2, 0.25) is 10.0 Å². The Balaban J connectivity index is 3.32. The van der Waals surface area contributed by atoms with Crippen molar-refractivity contribution in [1.82, 2.24) is 4.90 Å². The Labute approximate surface area is 99.0 Å². The van der Waals surface area contributed by atoms with Crippen LogP contribution in [0, 0.1) is 10.1 Å². The van der Waals surface area contributed by atoms with E-state index in [9.17, 15) is 18.5 Å². The van der Waals surface area contributed by atoms with Gasteiger partial charge in [0, 0.05) is 18.2 Å². The van der Waals surface area contributed by atoms with Gasteiger partial charge in [-0.05, 0) is 26.2 Å². The highest BCUT2D eigenvalue weighted by molar-refractivity contribution is 7.89. The lowest BCUT2D eigenvalue weighted by Crippen LogP contribution is -2.15. The zero-order valence-corrected chi connectivity index (χ0v) is 10.3. The molecule has 1 aromatic rings. The molecule has 8 heteroatoms. The Hall–Kier alpha value is -1.51. The summed E-state index contributed by atoms with van der Waals surface area (Å²) in [4.78, 5) is 11.7. The third-order valence-electron chi connectivity index (χ3n) is 2.07. The first-order valence-corrected chi connectivity index (χ1v) is 6.21. The summed E-state index contributed by atoms with van der Waals surface area (Å²) in [7, 11) is -0.400. The molecule has 0 saturated heterocycles. The molecule has 7 nitrogen and oxygen atoms in total. The van der Waals surface area contributed by atoms with Crippen molar-refractivity contribution in [3.8, 4) is 0 Å². The maximum atomic E-state index is 11.1.